The highest BCUT2D eigenvalue weighted by Gasteiger charge is 2.07. The molecule has 1 unspecified atom stereocenters. The minimum Gasteiger partial charge on any atom is -0.476 e. The van der Waals surface area contributed by atoms with Gasteiger partial charge in [-0.05, 0) is 6.92 Å². The van der Waals surface area contributed by atoms with E-state index in [2.05, 4.69) is 22.2 Å². The Labute approximate surface area is 87.6 Å². The van der Waals surface area contributed by atoms with Crippen LogP contribution in [-0.2, 0) is 6.54 Å². The molecule has 1 atom stereocenters. The van der Waals surface area contributed by atoms with Gasteiger partial charge in [-0.15, -0.1) is 11.7 Å². The van der Waals surface area contributed by atoms with E-state index in [4.69, 9.17) is 5.11 Å². The Hall–Kier alpha value is -1.69. The molecule has 0 amide bonds. The summed E-state index contributed by atoms with van der Waals surface area (Å²) in [5.74, 6) is -1.06. The summed E-state index contributed by atoms with van der Waals surface area (Å²) in [6, 6.07) is 0.229. The topological polar surface area (TPSA) is 80.0 Å². The zero-order chi connectivity index (χ0) is 11.3. The molecule has 0 aliphatic heterocycles. The van der Waals surface area contributed by atoms with Gasteiger partial charge in [-0.25, -0.2) is 4.79 Å². The van der Waals surface area contributed by atoms with Crippen molar-refractivity contribution in [3.8, 4) is 0 Å². The Morgan fingerprint density at radius 1 is 1.87 bits per heavy atom. The minimum atomic E-state index is -1.06. The summed E-state index contributed by atoms with van der Waals surface area (Å²) in [6.07, 6.45) is 3.20. The highest BCUT2D eigenvalue weighted by molar-refractivity contribution is 5.84. The molecule has 6 heteroatoms. The summed E-state index contributed by atoms with van der Waals surface area (Å²) in [7, 11) is 0. The van der Waals surface area contributed by atoms with Crippen LogP contribution in [0.4, 0.5) is 0 Å². The van der Waals surface area contributed by atoms with Gasteiger partial charge < -0.3 is 10.4 Å². The third-order valence-electron chi connectivity index (χ3n) is 1.92. The SMILES string of the molecule is C=CC(C)NCCn1cc(C(=O)O)nn1. The zero-order valence-corrected chi connectivity index (χ0v) is 8.55. The molecule has 0 aliphatic carbocycles. The lowest BCUT2D eigenvalue weighted by Crippen LogP contribution is -2.27. The van der Waals surface area contributed by atoms with E-state index >= 15 is 0 Å². The number of aromatic nitrogens is 3. The van der Waals surface area contributed by atoms with Crippen molar-refractivity contribution in [3.05, 3.63) is 24.5 Å². The van der Waals surface area contributed by atoms with Crippen LogP contribution in [0, 0.1) is 0 Å². The highest BCUT2D eigenvalue weighted by Crippen LogP contribution is 1.92. The molecule has 0 aromatic carbocycles. The first-order valence-electron chi connectivity index (χ1n) is 4.63. The molecule has 0 aliphatic rings. The third kappa shape index (κ3) is 3.51. The number of hydrogen-bond acceptors (Lipinski definition) is 4. The fourth-order valence-corrected chi connectivity index (χ4v) is 0.996. The number of carboxylic acids is 1. The van der Waals surface area contributed by atoms with Crippen LogP contribution in [0.1, 0.15) is 17.4 Å². The molecule has 0 spiro atoms. The zero-order valence-electron chi connectivity index (χ0n) is 8.55. The summed E-state index contributed by atoms with van der Waals surface area (Å²) in [4.78, 5) is 10.5. The van der Waals surface area contributed by atoms with Crippen LogP contribution in [0.2, 0.25) is 0 Å². The predicted octanol–water partition coefficient (Wildman–Crippen LogP) is 0.140. The molecular weight excluding hydrogens is 196 g/mol. The smallest absolute Gasteiger partial charge is 0.358 e. The van der Waals surface area contributed by atoms with Crippen molar-refractivity contribution in [2.75, 3.05) is 6.54 Å². The number of rotatable bonds is 6. The summed E-state index contributed by atoms with van der Waals surface area (Å²) in [5.41, 5.74) is -0.0354. The van der Waals surface area contributed by atoms with Crippen molar-refractivity contribution in [1.29, 1.82) is 0 Å². The van der Waals surface area contributed by atoms with Crippen LogP contribution >= 0.6 is 0 Å². The second kappa shape index (κ2) is 5.26. The van der Waals surface area contributed by atoms with E-state index in [1.54, 1.807) is 6.08 Å². The molecule has 6 nitrogen and oxygen atoms in total. The largest absolute Gasteiger partial charge is 0.476 e. The molecule has 0 bridgehead atoms. The van der Waals surface area contributed by atoms with E-state index in [-0.39, 0.29) is 11.7 Å². The number of hydrogen-bond donors (Lipinski definition) is 2. The average Bonchev–Trinajstić information content (AvgIpc) is 2.66. The molecule has 15 heavy (non-hydrogen) atoms. The van der Waals surface area contributed by atoms with Crippen molar-refractivity contribution < 1.29 is 9.90 Å². The van der Waals surface area contributed by atoms with Crippen LogP contribution < -0.4 is 5.32 Å². The Balaban J connectivity index is 2.38. The van der Waals surface area contributed by atoms with E-state index in [9.17, 15) is 4.79 Å². The average molecular weight is 210 g/mol. The molecule has 1 heterocycles. The Morgan fingerprint density at radius 3 is 3.13 bits per heavy atom. The second-order valence-corrected chi connectivity index (χ2v) is 3.15. The van der Waals surface area contributed by atoms with Gasteiger partial charge in [-0.2, -0.15) is 0 Å². The van der Waals surface area contributed by atoms with Gasteiger partial charge in [0.1, 0.15) is 0 Å². The lowest BCUT2D eigenvalue weighted by molar-refractivity contribution is 0.0690. The van der Waals surface area contributed by atoms with Crippen molar-refractivity contribution >= 4 is 5.97 Å². The molecule has 82 valence electrons. The second-order valence-electron chi connectivity index (χ2n) is 3.15. The molecule has 1 rings (SSSR count). The summed E-state index contributed by atoms with van der Waals surface area (Å²) < 4.78 is 1.49. The van der Waals surface area contributed by atoms with Gasteiger partial charge in [0.05, 0.1) is 12.7 Å². The van der Waals surface area contributed by atoms with E-state index < -0.39 is 5.97 Å². The molecule has 1 aromatic rings. The van der Waals surface area contributed by atoms with E-state index in [0.717, 1.165) is 0 Å². The standard InChI is InChI=1S/C9H14N4O2/c1-3-7(2)10-4-5-13-6-8(9(14)15)11-12-13/h3,6-7,10H,1,4-5H2,2H3,(H,14,15). The van der Waals surface area contributed by atoms with Gasteiger partial charge in [0.25, 0.3) is 0 Å². The summed E-state index contributed by atoms with van der Waals surface area (Å²) >= 11 is 0. The number of aromatic carboxylic acids is 1. The maximum Gasteiger partial charge on any atom is 0.358 e. The van der Waals surface area contributed by atoms with Gasteiger partial charge >= 0.3 is 5.97 Å². The lowest BCUT2D eigenvalue weighted by atomic mass is 10.3. The third-order valence-corrected chi connectivity index (χ3v) is 1.92. The number of carboxylic acid groups (broad SMARTS) is 1. The van der Waals surface area contributed by atoms with E-state index in [1.807, 2.05) is 6.92 Å². The van der Waals surface area contributed by atoms with Crippen molar-refractivity contribution in [1.82, 2.24) is 20.3 Å². The fourth-order valence-electron chi connectivity index (χ4n) is 0.996. The monoisotopic (exact) mass is 210 g/mol. The molecular formula is C9H14N4O2. The van der Waals surface area contributed by atoms with Crippen LogP contribution in [0.5, 0.6) is 0 Å². The van der Waals surface area contributed by atoms with Crippen molar-refractivity contribution in [3.63, 3.8) is 0 Å². The van der Waals surface area contributed by atoms with Crippen LogP contribution in [0.25, 0.3) is 0 Å². The van der Waals surface area contributed by atoms with Gasteiger partial charge in [0.15, 0.2) is 5.69 Å². The molecule has 2 N–H and O–H groups in total. The van der Waals surface area contributed by atoms with E-state index in [0.29, 0.717) is 13.1 Å². The predicted molar refractivity (Wildman–Crippen MR) is 54.6 cm³/mol. The minimum absolute atomic E-state index is 0.0354. The van der Waals surface area contributed by atoms with Crippen LogP contribution in [0.15, 0.2) is 18.9 Å². The quantitative estimate of drug-likeness (QED) is 0.653. The Kier molecular flexibility index (Phi) is 3.99. The number of nitrogens with zero attached hydrogens (tertiary/aromatic N) is 3. The molecule has 0 saturated heterocycles. The molecule has 0 saturated carbocycles. The summed E-state index contributed by atoms with van der Waals surface area (Å²) in [6.45, 7) is 6.89. The molecule has 1 aromatic heterocycles. The summed E-state index contributed by atoms with van der Waals surface area (Å²) in [5, 5.41) is 18.9. The van der Waals surface area contributed by atoms with E-state index in [1.165, 1.54) is 10.9 Å². The van der Waals surface area contributed by atoms with Gasteiger partial charge in [-0.1, -0.05) is 11.3 Å². The van der Waals surface area contributed by atoms with Crippen molar-refractivity contribution in [2.24, 2.45) is 0 Å². The maximum absolute atomic E-state index is 10.5. The normalized spacial score (nSPS) is 12.3. The first-order valence-corrected chi connectivity index (χ1v) is 4.63. The van der Waals surface area contributed by atoms with Crippen molar-refractivity contribution in [2.45, 2.75) is 19.5 Å². The van der Waals surface area contributed by atoms with Gasteiger partial charge in [0.2, 0.25) is 0 Å². The first-order chi connectivity index (χ1) is 7.13. The Morgan fingerprint density at radius 2 is 2.60 bits per heavy atom. The number of nitrogens with one attached hydrogen (secondary N) is 1. The maximum atomic E-state index is 10.5. The number of carbonyl (C=O) groups is 1. The molecule has 0 radical (unpaired) electrons. The highest BCUT2D eigenvalue weighted by atomic mass is 16.4. The van der Waals surface area contributed by atoms with Gasteiger partial charge in [0, 0.05) is 12.6 Å². The fraction of sp³-hybridized carbons (Fsp3) is 0.444. The van der Waals surface area contributed by atoms with Crippen LogP contribution in [0.3, 0.4) is 0 Å². The van der Waals surface area contributed by atoms with Crippen LogP contribution in [-0.4, -0.2) is 38.7 Å². The Bertz CT molecular complexity index is 348. The van der Waals surface area contributed by atoms with Gasteiger partial charge in [-0.3, -0.25) is 4.68 Å². The first kappa shape index (κ1) is 11.4. The lowest BCUT2D eigenvalue weighted by Gasteiger charge is -2.07. The molecule has 0 fully saturated rings.